The van der Waals surface area contributed by atoms with Crippen LogP contribution in [0.5, 0.6) is 0 Å². The van der Waals surface area contributed by atoms with Crippen LogP contribution in [0, 0.1) is 30.9 Å². The van der Waals surface area contributed by atoms with E-state index >= 15 is 0 Å². The Bertz CT molecular complexity index is 1150. The molecule has 8 heteroatoms. The Morgan fingerprint density at radius 3 is 2.72 bits per heavy atom. The van der Waals surface area contributed by atoms with Crippen LogP contribution in [0.2, 0.25) is 0 Å². The molecule has 1 aliphatic rings. The number of aryl methyl sites for hydroxylation is 2. The zero-order valence-electron chi connectivity index (χ0n) is 16.4. The highest BCUT2D eigenvalue weighted by Gasteiger charge is 2.26. The van der Waals surface area contributed by atoms with Gasteiger partial charge in [-0.15, -0.1) is 0 Å². The van der Waals surface area contributed by atoms with Crippen molar-refractivity contribution in [2.45, 2.75) is 32.3 Å². The summed E-state index contributed by atoms with van der Waals surface area (Å²) in [6.07, 6.45) is 0. The molecule has 0 fully saturated rings. The quantitative estimate of drug-likeness (QED) is 0.499. The molecular formula is C21H20N4O3S. The van der Waals surface area contributed by atoms with E-state index in [1.165, 1.54) is 12.1 Å². The first kappa shape index (κ1) is 19.2. The van der Waals surface area contributed by atoms with Gasteiger partial charge in [0.25, 0.3) is 11.6 Å². The first-order valence-corrected chi connectivity index (χ1v) is 10.3. The van der Waals surface area contributed by atoms with Crippen LogP contribution in [0.15, 0.2) is 36.4 Å². The van der Waals surface area contributed by atoms with E-state index in [-0.39, 0.29) is 17.2 Å². The average Bonchev–Trinajstić information content (AvgIpc) is 3.24. The monoisotopic (exact) mass is 408 g/mol. The van der Waals surface area contributed by atoms with Crippen LogP contribution in [-0.4, -0.2) is 20.6 Å². The van der Waals surface area contributed by atoms with Crippen molar-refractivity contribution < 1.29 is 9.72 Å². The minimum atomic E-state index is -0.472. The largest absolute Gasteiger partial charge is 0.306 e. The number of rotatable bonds is 4. The van der Waals surface area contributed by atoms with Gasteiger partial charge in [-0.3, -0.25) is 14.9 Å². The van der Waals surface area contributed by atoms with Gasteiger partial charge in [0.1, 0.15) is 5.82 Å². The highest BCUT2D eigenvalue weighted by atomic mass is 32.2. The van der Waals surface area contributed by atoms with Gasteiger partial charge in [-0.1, -0.05) is 23.8 Å². The Morgan fingerprint density at radius 1 is 1.21 bits per heavy atom. The third-order valence-electron chi connectivity index (χ3n) is 5.11. The molecule has 0 saturated heterocycles. The first-order chi connectivity index (χ1) is 13.9. The van der Waals surface area contributed by atoms with Crippen molar-refractivity contribution >= 4 is 29.2 Å². The summed E-state index contributed by atoms with van der Waals surface area (Å²) in [5.41, 5.74) is 5.64. The van der Waals surface area contributed by atoms with Gasteiger partial charge in [-0.25, -0.2) is 4.68 Å². The SMILES string of the molecule is Cc1ccc(-n2nc3c(c2NC(=O)c2cccc([N+](=O)[O-])c2C)CSC3)c(C)c1. The maximum Gasteiger partial charge on any atom is 0.273 e. The summed E-state index contributed by atoms with van der Waals surface area (Å²) in [7, 11) is 0. The second-order valence-corrected chi connectivity index (χ2v) is 8.11. The van der Waals surface area contributed by atoms with E-state index in [0.29, 0.717) is 11.4 Å². The van der Waals surface area contributed by atoms with Crippen LogP contribution in [-0.2, 0) is 11.5 Å². The number of amides is 1. The Balaban J connectivity index is 1.77. The second kappa shape index (κ2) is 7.36. The number of hydrogen-bond donors (Lipinski definition) is 1. The molecule has 0 spiro atoms. The fourth-order valence-corrected chi connectivity index (χ4v) is 4.64. The number of aromatic nitrogens is 2. The maximum absolute atomic E-state index is 13.0. The van der Waals surface area contributed by atoms with Crippen LogP contribution in [0.3, 0.4) is 0 Å². The molecule has 3 aromatic rings. The van der Waals surface area contributed by atoms with Crippen LogP contribution < -0.4 is 5.32 Å². The lowest BCUT2D eigenvalue weighted by Crippen LogP contribution is -2.18. The van der Waals surface area contributed by atoms with Crippen molar-refractivity contribution in [3.63, 3.8) is 0 Å². The molecule has 1 amide bonds. The second-order valence-electron chi connectivity index (χ2n) is 7.13. The molecule has 0 unspecified atom stereocenters. The fourth-order valence-electron chi connectivity index (χ4n) is 3.60. The maximum atomic E-state index is 13.0. The van der Waals surface area contributed by atoms with E-state index in [4.69, 9.17) is 5.10 Å². The van der Waals surface area contributed by atoms with Gasteiger partial charge in [0.05, 0.1) is 16.3 Å². The number of thioether (sulfide) groups is 1. The summed E-state index contributed by atoms with van der Waals surface area (Å²) in [5.74, 6) is 1.82. The first-order valence-electron chi connectivity index (χ1n) is 9.18. The predicted octanol–water partition coefficient (Wildman–Crippen LogP) is 4.70. The smallest absolute Gasteiger partial charge is 0.273 e. The number of benzene rings is 2. The zero-order chi connectivity index (χ0) is 20.7. The van der Waals surface area contributed by atoms with Crippen LogP contribution in [0.1, 0.15) is 38.3 Å². The third-order valence-corrected chi connectivity index (χ3v) is 6.08. The van der Waals surface area contributed by atoms with Crippen LogP contribution >= 0.6 is 11.8 Å². The molecule has 2 aromatic carbocycles. The number of nitro benzene ring substituents is 1. The van der Waals surface area contributed by atoms with Crippen LogP contribution in [0.4, 0.5) is 11.5 Å². The molecule has 1 aromatic heterocycles. The van der Waals surface area contributed by atoms with Crippen molar-refractivity contribution in [3.05, 3.63) is 80.0 Å². The summed E-state index contributed by atoms with van der Waals surface area (Å²) < 4.78 is 1.78. The Morgan fingerprint density at radius 2 is 2.00 bits per heavy atom. The number of fused-ring (bicyclic) bond motifs is 1. The molecule has 29 heavy (non-hydrogen) atoms. The number of carbonyl (C=O) groups is 1. The lowest BCUT2D eigenvalue weighted by Gasteiger charge is -2.14. The molecular weight excluding hydrogens is 388 g/mol. The Kier molecular flexibility index (Phi) is 4.87. The molecule has 148 valence electrons. The zero-order valence-corrected chi connectivity index (χ0v) is 17.2. The van der Waals surface area contributed by atoms with Gasteiger partial charge in [0.2, 0.25) is 0 Å². The van der Waals surface area contributed by atoms with Crippen molar-refractivity contribution in [2.24, 2.45) is 0 Å². The molecule has 1 N–H and O–H groups in total. The molecule has 0 atom stereocenters. The number of nitro groups is 1. The minimum Gasteiger partial charge on any atom is -0.306 e. The van der Waals surface area contributed by atoms with Gasteiger partial charge in [-0.2, -0.15) is 16.9 Å². The van der Waals surface area contributed by atoms with Crippen molar-refractivity contribution in [3.8, 4) is 5.69 Å². The van der Waals surface area contributed by atoms with Gasteiger partial charge >= 0.3 is 0 Å². The van der Waals surface area contributed by atoms with Crippen molar-refractivity contribution in [1.82, 2.24) is 9.78 Å². The fraction of sp³-hybridized carbons (Fsp3) is 0.238. The third kappa shape index (κ3) is 3.40. The summed E-state index contributed by atoms with van der Waals surface area (Å²) in [5, 5.41) is 18.9. The standard InChI is InChI=1S/C21H20N4O3S/c1-12-7-8-18(13(2)9-12)24-20(16-10-29-11-17(16)23-24)22-21(26)15-5-4-6-19(14(15)3)25(27)28/h4-9H,10-11H2,1-3H3,(H,22,26). The Hall–Kier alpha value is -3.13. The van der Waals surface area contributed by atoms with E-state index in [0.717, 1.165) is 39.6 Å². The molecule has 0 bridgehead atoms. The van der Waals surface area contributed by atoms with E-state index in [9.17, 15) is 14.9 Å². The van der Waals surface area contributed by atoms with E-state index < -0.39 is 4.92 Å². The number of carbonyl (C=O) groups excluding carboxylic acids is 1. The molecule has 4 rings (SSSR count). The number of anilines is 1. The van der Waals surface area contributed by atoms with Gasteiger partial charge in [-0.05, 0) is 38.5 Å². The van der Waals surface area contributed by atoms with Crippen molar-refractivity contribution in [1.29, 1.82) is 0 Å². The Labute approximate surface area is 172 Å². The van der Waals surface area contributed by atoms with Gasteiger partial charge in [0.15, 0.2) is 0 Å². The molecule has 0 saturated carbocycles. The minimum absolute atomic E-state index is 0.0682. The molecule has 0 aliphatic carbocycles. The van der Waals surface area contributed by atoms with Crippen molar-refractivity contribution in [2.75, 3.05) is 5.32 Å². The summed E-state index contributed by atoms with van der Waals surface area (Å²) in [6, 6.07) is 10.6. The summed E-state index contributed by atoms with van der Waals surface area (Å²) in [4.78, 5) is 23.8. The van der Waals surface area contributed by atoms with Crippen LogP contribution in [0.25, 0.3) is 5.69 Å². The number of hydrogen-bond acceptors (Lipinski definition) is 5. The lowest BCUT2D eigenvalue weighted by atomic mass is 10.1. The molecule has 7 nitrogen and oxygen atoms in total. The van der Waals surface area contributed by atoms with E-state index in [1.54, 1.807) is 29.4 Å². The summed E-state index contributed by atoms with van der Waals surface area (Å²) in [6.45, 7) is 5.64. The molecule has 1 aliphatic heterocycles. The molecule has 2 heterocycles. The van der Waals surface area contributed by atoms with E-state index in [2.05, 4.69) is 11.4 Å². The molecule has 0 radical (unpaired) electrons. The number of nitrogens with one attached hydrogen (secondary N) is 1. The topological polar surface area (TPSA) is 90.1 Å². The highest BCUT2D eigenvalue weighted by Crippen LogP contribution is 2.37. The predicted molar refractivity (Wildman–Crippen MR) is 114 cm³/mol. The van der Waals surface area contributed by atoms with E-state index in [1.807, 2.05) is 26.0 Å². The highest BCUT2D eigenvalue weighted by molar-refractivity contribution is 7.98. The number of nitrogens with zero attached hydrogens (tertiary/aromatic N) is 3. The normalized spacial score (nSPS) is 12.7. The van der Waals surface area contributed by atoms with Gasteiger partial charge < -0.3 is 5.32 Å². The van der Waals surface area contributed by atoms with Gasteiger partial charge in [0, 0.05) is 34.3 Å². The lowest BCUT2D eigenvalue weighted by molar-refractivity contribution is -0.385. The average molecular weight is 408 g/mol. The summed E-state index contributed by atoms with van der Waals surface area (Å²) >= 11 is 1.75.